The van der Waals surface area contributed by atoms with Crippen LogP contribution in [-0.4, -0.2) is 28.6 Å². The molecule has 3 nitrogen and oxygen atoms in total. The summed E-state index contributed by atoms with van der Waals surface area (Å²) >= 11 is 1.73. The zero-order valence-electron chi connectivity index (χ0n) is 16.3. The van der Waals surface area contributed by atoms with Gasteiger partial charge in [0.15, 0.2) is 0 Å². The lowest BCUT2D eigenvalue weighted by atomic mass is 9.91. The maximum absolute atomic E-state index is 13.4. The second-order valence-electron chi connectivity index (χ2n) is 7.35. The van der Waals surface area contributed by atoms with Crippen molar-refractivity contribution in [3.63, 3.8) is 0 Å². The summed E-state index contributed by atoms with van der Waals surface area (Å²) in [6.45, 7) is 0.706. The first-order chi connectivity index (χ1) is 14.3. The van der Waals surface area contributed by atoms with Crippen LogP contribution in [0.2, 0.25) is 0 Å². The monoisotopic (exact) mass is 398 g/mol. The topological polar surface area (TPSA) is 36.1 Å². The SMILES string of the molecule is CSc1ccc([C@@H]2c3[nH]c4ccccc4c3CCN2C(=O)c2ccccc2)cc1. The highest BCUT2D eigenvalue weighted by atomic mass is 32.2. The van der Waals surface area contributed by atoms with Crippen molar-refractivity contribution in [3.05, 3.63) is 101 Å². The number of para-hydroxylation sites is 1. The minimum atomic E-state index is -0.116. The van der Waals surface area contributed by atoms with E-state index in [9.17, 15) is 4.79 Å². The first-order valence-corrected chi connectivity index (χ1v) is 11.1. The van der Waals surface area contributed by atoms with Crippen molar-refractivity contribution in [2.45, 2.75) is 17.4 Å². The molecule has 1 aliphatic rings. The quantitative estimate of drug-likeness (QED) is 0.451. The van der Waals surface area contributed by atoms with Gasteiger partial charge in [0.05, 0.1) is 6.04 Å². The summed E-state index contributed by atoms with van der Waals surface area (Å²) in [6, 6.07) is 26.5. The third-order valence-corrected chi connectivity index (χ3v) is 6.49. The molecule has 0 unspecified atom stereocenters. The Bertz CT molecular complexity index is 1160. The van der Waals surface area contributed by atoms with Gasteiger partial charge in [0.1, 0.15) is 0 Å². The normalized spacial score (nSPS) is 16.0. The molecule has 0 bridgehead atoms. The molecule has 0 saturated carbocycles. The molecule has 4 aromatic rings. The predicted molar refractivity (Wildman–Crippen MR) is 120 cm³/mol. The Morgan fingerprint density at radius 1 is 0.966 bits per heavy atom. The number of benzene rings is 3. The van der Waals surface area contributed by atoms with Crippen molar-refractivity contribution in [2.75, 3.05) is 12.8 Å². The van der Waals surface area contributed by atoms with Crippen LogP contribution in [0.25, 0.3) is 10.9 Å². The Morgan fingerprint density at radius 2 is 1.69 bits per heavy atom. The van der Waals surface area contributed by atoms with Crippen LogP contribution in [0.5, 0.6) is 0 Å². The molecular weight excluding hydrogens is 376 g/mol. The van der Waals surface area contributed by atoms with Gasteiger partial charge in [0, 0.05) is 33.6 Å². The van der Waals surface area contributed by atoms with Crippen molar-refractivity contribution >= 4 is 28.6 Å². The van der Waals surface area contributed by atoms with E-state index in [0.29, 0.717) is 6.54 Å². The summed E-state index contributed by atoms with van der Waals surface area (Å²) in [6.07, 6.45) is 2.94. The van der Waals surface area contributed by atoms with E-state index >= 15 is 0 Å². The maximum Gasteiger partial charge on any atom is 0.254 e. The van der Waals surface area contributed by atoms with Crippen molar-refractivity contribution in [3.8, 4) is 0 Å². The summed E-state index contributed by atoms with van der Waals surface area (Å²) in [5.41, 5.74) is 5.48. The van der Waals surface area contributed by atoms with Crippen LogP contribution in [-0.2, 0) is 6.42 Å². The Balaban J connectivity index is 1.65. The Kier molecular flexibility index (Phi) is 4.64. The number of carbonyl (C=O) groups is 1. The number of nitrogens with zero attached hydrogens (tertiary/aromatic N) is 1. The Morgan fingerprint density at radius 3 is 2.45 bits per heavy atom. The third-order valence-electron chi connectivity index (χ3n) is 5.75. The Labute approximate surface area is 174 Å². The molecule has 29 heavy (non-hydrogen) atoms. The summed E-state index contributed by atoms with van der Waals surface area (Å²) in [4.78, 5) is 20.3. The molecule has 0 aliphatic carbocycles. The predicted octanol–water partition coefficient (Wildman–Crippen LogP) is 5.68. The number of thioether (sulfide) groups is 1. The number of H-pyrrole nitrogens is 1. The number of carbonyl (C=O) groups excluding carboxylic acids is 1. The highest BCUT2D eigenvalue weighted by molar-refractivity contribution is 7.98. The number of nitrogens with one attached hydrogen (secondary N) is 1. The van der Waals surface area contributed by atoms with E-state index in [1.807, 2.05) is 35.2 Å². The lowest BCUT2D eigenvalue weighted by Gasteiger charge is -2.36. The van der Waals surface area contributed by atoms with E-state index in [-0.39, 0.29) is 11.9 Å². The van der Waals surface area contributed by atoms with Crippen LogP contribution in [0.15, 0.2) is 83.8 Å². The van der Waals surface area contributed by atoms with Gasteiger partial charge in [-0.15, -0.1) is 11.8 Å². The van der Waals surface area contributed by atoms with Gasteiger partial charge in [-0.25, -0.2) is 0 Å². The van der Waals surface area contributed by atoms with Crippen LogP contribution < -0.4 is 0 Å². The molecule has 4 heteroatoms. The molecule has 0 spiro atoms. The molecule has 1 amide bonds. The third kappa shape index (κ3) is 3.14. The molecule has 144 valence electrons. The minimum absolute atomic E-state index is 0.0776. The highest BCUT2D eigenvalue weighted by Gasteiger charge is 2.34. The first kappa shape index (κ1) is 18.1. The molecule has 0 fully saturated rings. The van der Waals surface area contributed by atoms with Gasteiger partial charge < -0.3 is 9.88 Å². The van der Waals surface area contributed by atoms with Gasteiger partial charge in [-0.3, -0.25) is 4.79 Å². The fourth-order valence-electron chi connectivity index (χ4n) is 4.34. The standard InChI is InChI=1S/C25H22N2OS/c1-29-19-13-11-17(12-14-19)24-23-21(20-9-5-6-10-22(20)26-23)15-16-27(24)25(28)18-7-3-2-4-8-18/h2-14,24,26H,15-16H2,1H3/t24-/m1/s1. The summed E-state index contributed by atoms with van der Waals surface area (Å²) in [5.74, 6) is 0.0776. The second-order valence-corrected chi connectivity index (χ2v) is 8.23. The van der Waals surface area contributed by atoms with Crippen LogP contribution >= 0.6 is 11.8 Å². The van der Waals surface area contributed by atoms with Gasteiger partial charge in [-0.2, -0.15) is 0 Å². The average molecular weight is 399 g/mol. The van der Waals surface area contributed by atoms with Crippen LogP contribution in [0, 0.1) is 0 Å². The molecule has 1 atom stereocenters. The molecule has 3 aromatic carbocycles. The van der Waals surface area contributed by atoms with E-state index < -0.39 is 0 Å². The Hall–Kier alpha value is -2.98. The zero-order valence-corrected chi connectivity index (χ0v) is 17.1. The van der Waals surface area contributed by atoms with Gasteiger partial charge in [0.2, 0.25) is 0 Å². The molecule has 1 N–H and O–H groups in total. The number of hydrogen-bond acceptors (Lipinski definition) is 2. The molecule has 0 saturated heterocycles. The summed E-state index contributed by atoms with van der Waals surface area (Å²) in [7, 11) is 0. The molecule has 5 rings (SSSR count). The summed E-state index contributed by atoms with van der Waals surface area (Å²) in [5, 5.41) is 1.26. The number of hydrogen-bond donors (Lipinski definition) is 1. The number of rotatable bonds is 3. The fourth-order valence-corrected chi connectivity index (χ4v) is 4.75. The lowest BCUT2D eigenvalue weighted by Crippen LogP contribution is -2.40. The highest BCUT2D eigenvalue weighted by Crippen LogP contribution is 2.39. The first-order valence-electron chi connectivity index (χ1n) is 9.85. The van der Waals surface area contributed by atoms with Crippen molar-refractivity contribution < 1.29 is 4.79 Å². The second kappa shape index (κ2) is 7.45. The summed E-state index contributed by atoms with van der Waals surface area (Å²) < 4.78 is 0. The lowest BCUT2D eigenvalue weighted by molar-refractivity contribution is 0.0692. The number of fused-ring (bicyclic) bond motifs is 3. The van der Waals surface area contributed by atoms with Crippen LogP contribution in [0.4, 0.5) is 0 Å². The molecule has 2 heterocycles. The smallest absolute Gasteiger partial charge is 0.254 e. The van der Waals surface area contributed by atoms with Crippen LogP contribution in [0.3, 0.4) is 0 Å². The maximum atomic E-state index is 13.4. The largest absolute Gasteiger partial charge is 0.356 e. The average Bonchev–Trinajstić information content (AvgIpc) is 3.17. The van der Waals surface area contributed by atoms with E-state index in [1.165, 1.54) is 15.8 Å². The van der Waals surface area contributed by atoms with Gasteiger partial charge in [-0.1, -0.05) is 48.5 Å². The fraction of sp³-hybridized carbons (Fsp3) is 0.160. The zero-order chi connectivity index (χ0) is 19.8. The minimum Gasteiger partial charge on any atom is -0.356 e. The molecule has 0 radical (unpaired) electrons. The molecule has 1 aromatic heterocycles. The van der Waals surface area contributed by atoms with E-state index in [2.05, 4.69) is 59.8 Å². The van der Waals surface area contributed by atoms with Crippen molar-refractivity contribution in [1.29, 1.82) is 0 Å². The number of aromatic amines is 1. The van der Waals surface area contributed by atoms with Crippen LogP contribution in [0.1, 0.15) is 33.2 Å². The van der Waals surface area contributed by atoms with Gasteiger partial charge >= 0.3 is 0 Å². The van der Waals surface area contributed by atoms with Gasteiger partial charge in [0.25, 0.3) is 5.91 Å². The molecule has 1 aliphatic heterocycles. The van der Waals surface area contributed by atoms with Crippen molar-refractivity contribution in [1.82, 2.24) is 9.88 Å². The van der Waals surface area contributed by atoms with E-state index in [4.69, 9.17) is 0 Å². The van der Waals surface area contributed by atoms with E-state index in [0.717, 1.165) is 28.8 Å². The van der Waals surface area contributed by atoms with Crippen molar-refractivity contribution in [2.24, 2.45) is 0 Å². The number of aromatic nitrogens is 1. The molecular formula is C25H22N2OS. The van der Waals surface area contributed by atoms with Gasteiger partial charge in [-0.05, 0) is 54.1 Å². The number of amides is 1. The van der Waals surface area contributed by atoms with E-state index in [1.54, 1.807) is 11.8 Å².